The average molecular weight is 221 g/mol. The van der Waals surface area contributed by atoms with Crippen LogP contribution in [0.1, 0.15) is 12.7 Å². The van der Waals surface area contributed by atoms with Crippen molar-refractivity contribution in [2.75, 3.05) is 20.3 Å². The molecule has 0 saturated heterocycles. The highest BCUT2D eigenvalue weighted by Crippen LogP contribution is 2.14. The molecule has 16 heavy (non-hydrogen) atoms. The van der Waals surface area contributed by atoms with Gasteiger partial charge in [-0.2, -0.15) is 4.98 Å². The van der Waals surface area contributed by atoms with E-state index < -0.39 is 0 Å². The molecule has 0 amide bonds. The summed E-state index contributed by atoms with van der Waals surface area (Å²) < 4.78 is 10.3. The van der Waals surface area contributed by atoms with E-state index in [4.69, 9.17) is 9.47 Å². The lowest BCUT2D eigenvalue weighted by Crippen LogP contribution is -1.99. The van der Waals surface area contributed by atoms with Crippen LogP contribution in [0.15, 0.2) is 12.1 Å². The lowest BCUT2D eigenvalue weighted by atomic mass is 10.4. The van der Waals surface area contributed by atoms with Crippen LogP contribution in [-0.2, 0) is 11.2 Å². The molecule has 5 heteroatoms. The Kier molecular flexibility index (Phi) is 3.36. The van der Waals surface area contributed by atoms with E-state index in [1.165, 1.54) is 0 Å². The summed E-state index contributed by atoms with van der Waals surface area (Å²) in [6.45, 7) is 3.38. The molecule has 2 rings (SSSR count). The second kappa shape index (κ2) is 4.94. The number of rotatable bonds is 5. The van der Waals surface area contributed by atoms with E-state index in [2.05, 4.69) is 15.0 Å². The monoisotopic (exact) mass is 221 g/mol. The zero-order valence-corrected chi connectivity index (χ0v) is 9.49. The first-order valence-electron chi connectivity index (χ1n) is 5.31. The number of aromatic amines is 1. The lowest BCUT2D eigenvalue weighted by Gasteiger charge is -1.96. The number of ether oxygens (including phenoxy) is 2. The molecule has 0 bridgehead atoms. The first-order chi connectivity index (χ1) is 7.83. The second-order valence-electron chi connectivity index (χ2n) is 3.36. The molecule has 0 spiro atoms. The summed E-state index contributed by atoms with van der Waals surface area (Å²) in [7, 11) is 1.59. The first-order valence-corrected chi connectivity index (χ1v) is 5.31. The summed E-state index contributed by atoms with van der Waals surface area (Å²) in [6, 6.07) is 3.73. The van der Waals surface area contributed by atoms with Gasteiger partial charge in [-0.15, -0.1) is 0 Å². The van der Waals surface area contributed by atoms with Gasteiger partial charge in [0.1, 0.15) is 5.82 Å². The molecule has 2 aromatic rings. The van der Waals surface area contributed by atoms with Crippen LogP contribution in [0.3, 0.4) is 0 Å². The third kappa shape index (κ3) is 2.30. The summed E-state index contributed by atoms with van der Waals surface area (Å²) in [5.41, 5.74) is 1.61. The van der Waals surface area contributed by atoms with Gasteiger partial charge < -0.3 is 14.5 Å². The van der Waals surface area contributed by atoms with Gasteiger partial charge >= 0.3 is 0 Å². The zero-order chi connectivity index (χ0) is 11.4. The molecule has 5 nitrogen and oxygen atoms in total. The Hall–Kier alpha value is -1.62. The number of nitrogens with zero attached hydrogens (tertiary/aromatic N) is 2. The van der Waals surface area contributed by atoms with Crippen molar-refractivity contribution >= 4 is 11.2 Å². The Bertz CT molecular complexity index is 467. The van der Waals surface area contributed by atoms with Crippen molar-refractivity contribution in [1.82, 2.24) is 15.0 Å². The Morgan fingerprint density at radius 2 is 2.19 bits per heavy atom. The summed E-state index contributed by atoms with van der Waals surface area (Å²) in [5.74, 6) is 1.47. The van der Waals surface area contributed by atoms with Crippen LogP contribution in [0.4, 0.5) is 0 Å². The van der Waals surface area contributed by atoms with Crippen molar-refractivity contribution in [2.45, 2.75) is 13.3 Å². The standard InChI is InChI=1S/C11H15N3O2/c1-3-16-7-6-9-12-8-4-5-10(15-2)14-11(8)13-9/h4-5H,3,6-7H2,1-2H3,(H,12,13,14). The molecular formula is C11H15N3O2. The number of nitrogens with one attached hydrogen (secondary N) is 1. The van der Waals surface area contributed by atoms with Gasteiger partial charge in [0.25, 0.3) is 0 Å². The maximum absolute atomic E-state index is 5.27. The summed E-state index contributed by atoms with van der Waals surface area (Å²) in [4.78, 5) is 11.8. The zero-order valence-electron chi connectivity index (χ0n) is 9.49. The molecule has 0 atom stereocenters. The fourth-order valence-corrected chi connectivity index (χ4v) is 1.47. The van der Waals surface area contributed by atoms with Crippen molar-refractivity contribution in [3.8, 4) is 5.88 Å². The number of methoxy groups -OCH3 is 1. The Labute approximate surface area is 93.8 Å². The van der Waals surface area contributed by atoms with Crippen molar-refractivity contribution in [2.24, 2.45) is 0 Å². The molecule has 0 unspecified atom stereocenters. The van der Waals surface area contributed by atoms with E-state index in [1.54, 1.807) is 7.11 Å². The molecule has 0 fully saturated rings. The van der Waals surface area contributed by atoms with Crippen molar-refractivity contribution < 1.29 is 9.47 Å². The van der Waals surface area contributed by atoms with Gasteiger partial charge in [-0.25, -0.2) is 4.98 Å². The number of H-pyrrole nitrogens is 1. The highest BCUT2D eigenvalue weighted by Gasteiger charge is 2.04. The molecule has 0 saturated carbocycles. The van der Waals surface area contributed by atoms with E-state index in [0.717, 1.165) is 24.4 Å². The molecule has 86 valence electrons. The van der Waals surface area contributed by atoms with E-state index in [1.807, 2.05) is 19.1 Å². The molecular weight excluding hydrogens is 206 g/mol. The number of pyridine rings is 1. The lowest BCUT2D eigenvalue weighted by molar-refractivity contribution is 0.149. The Balaban J connectivity index is 2.16. The van der Waals surface area contributed by atoms with Gasteiger partial charge in [0.15, 0.2) is 5.65 Å². The SMILES string of the molecule is CCOCCc1nc2nc(OC)ccc2[nH]1. The van der Waals surface area contributed by atoms with Crippen molar-refractivity contribution in [3.63, 3.8) is 0 Å². The highest BCUT2D eigenvalue weighted by atomic mass is 16.5. The molecule has 2 aromatic heterocycles. The highest BCUT2D eigenvalue weighted by molar-refractivity contribution is 5.71. The van der Waals surface area contributed by atoms with Crippen LogP contribution in [0, 0.1) is 0 Å². The predicted molar refractivity (Wildman–Crippen MR) is 60.6 cm³/mol. The maximum Gasteiger partial charge on any atom is 0.215 e. The first kappa shape index (κ1) is 10.9. The smallest absolute Gasteiger partial charge is 0.215 e. The van der Waals surface area contributed by atoms with E-state index >= 15 is 0 Å². The maximum atomic E-state index is 5.27. The predicted octanol–water partition coefficient (Wildman–Crippen LogP) is 1.55. The van der Waals surface area contributed by atoms with Crippen LogP contribution in [-0.4, -0.2) is 35.3 Å². The van der Waals surface area contributed by atoms with Crippen LogP contribution in [0.25, 0.3) is 11.2 Å². The summed E-state index contributed by atoms with van der Waals surface area (Å²) in [6.07, 6.45) is 0.770. The van der Waals surface area contributed by atoms with E-state index in [9.17, 15) is 0 Å². The minimum absolute atomic E-state index is 0.579. The van der Waals surface area contributed by atoms with Gasteiger partial charge in [0, 0.05) is 19.1 Å². The molecule has 0 aliphatic rings. The molecule has 0 aliphatic heterocycles. The van der Waals surface area contributed by atoms with Gasteiger partial charge in [-0.1, -0.05) is 0 Å². The third-order valence-corrected chi connectivity index (χ3v) is 2.27. The third-order valence-electron chi connectivity index (χ3n) is 2.27. The second-order valence-corrected chi connectivity index (χ2v) is 3.36. The molecule has 1 N–H and O–H groups in total. The number of hydrogen-bond donors (Lipinski definition) is 1. The molecule has 2 heterocycles. The van der Waals surface area contributed by atoms with Crippen LogP contribution < -0.4 is 4.74 Å². The largest absolute Gasteiger partial charge is 0.481 e. The van der Waals surface area contributed by atoms with E-state index in [0.29, 0.717) is 18.1 Å². The average Bonchev–Trinajstić information content (AvgIpc) is 2.70. The van der Waals surface area contributed by atoms with Gasteiger partial charge in [-0.05, 0) is 13.0 Å². The topological polar surface area (TPSA) is 60.0 Å². The molecule has 0 aromatic carbocycles. The fourth-order valence-electron chi connectivity index (χ4n) is 1.47. The number of fused-ring (bicyclic) bond motifs is 1. The summed E-state index contributed by atoms with van der Waals surface area (Å²) in [5, 5.41) is 0. The van der Waals surface area contributed by atoms with E-state index in [-0.39, 0.29) is 0 Å². The molecule has 0 radical (unpaired) electrons. The normalized spacial score (nSPS) is 10.9. The van der Waals surface area contributed by atoms with Gasteiger partial charge in [0.2, 0.25) is 5.88 Å². The molecule has 0 aliphatic carbocycles. The van der Waals surface area contributed by atoms with Crippen molar-refractivity contribution in [3.05, 3.63) is 18.0 Å². The summed E-state index contributed by atoms with van der Waals surface area (Å²) >= 11 is 0. The van der Waals surface area contributed by atoms with Gasteiger partial charge in [0.05, 0.1) is 19.2 Å². The van der Waals surface area contributed by atoms with Crippen molar-refractivity contribution in [1.29, 1.82) is 0 Å². The fraction of sp³-hybridized carbons (Fsp3) is 0.455. The quantitative estimate of drug-likeness (QED) is 0.778. The number of hydrogen-bond acceptors (Lipinski definition) is 4. The van der Waals surface area contributed by atoms with Crippen LogP contribution in [0.2, 0.25) is 0 Å². The van der Waals surface area contributed by atoms with Gasteiger partial charge in [-0.3, -0.25) is 0 Å². The van der Waals surface area contributed by atoms with Crippen LogP contribution >= 0.6 is 0 Å². The van der Waals surface area contributed by atoms with Crippen LogP contribution in [0.5, 0.6) is 5.88 Å². The number of aromatic nitrogens is 3. The number of imidazole rings is 1. The minimum atomic E-state index is 0.579. The Morgan fingerprint density at radius 3 is 2.94 bits per heavy atom. The minimum Gasteiger partial charge on any atom is -0.481 e. The Morgan fingerprint density at radius 1 is 1.31 bits per heavy atom.